The number of nitrogens with one attached hydrogen (secondary N) is 1. The van der Waals surface area contributed by atoms with Crippen molar-refractivity contribution in [2.75, 3.05) is 5.32 Å². The van der Waals surface area contributed by atoms with E-state index < -0.39 is 0 Å². The van der Waals surface area contributed by atoms with Gasteiger partial charge in [-0.05, 0) is 43.5 Å². The first-order valence-electron chi connectivity index (χ1n) is 9.93. The van der Waals surface area contributed by atoms with Crippen LogP contribution < -0.4 is 5.32 Å². The van der Waals surface area contributed by atoms with Crippen molar-refractivity contribution >= 4 is 22.5 Å². The van der Waals surface area contributed by atoms with Gasteiger partial charge in [-0.15, -0.1) is 0 Å². The molecule has 3 nitrogen and oxygen atoms in total. The second-order valence-corrected chi connectivity index (χ2v) is 7.35. The third-order valence-electron chi connectivity index (χ3n) is 5.29. The molecule has 0 aliphatic rings. The Balaban J connectivity index is 1.82. The lowest BCUT2D eigenvalue weighted by Gasteiger charge is -2.15. The zero-order valence-electron chi connectivity index (χ0n) is 17.0. The maximum atomic E-state index is 13.3. The summed E-state index contributed by atoms with van der Waals surface area (Å²) in [5.74, 6) is -0.110. The van der Waals surface area contributed by atoms with Crippen molar-refractivity contribution < 1.29 is 4.79 Å². The zero-order chi connectivity index (χ0) is 20.4. The fraction of sp³-hybridized carbons (Fsp3) is 0.154. The molecule has 1 aromatic heterocycles. The van der Waals surface area contributed by atoms with Gasteiger partial charge >= 0.3 is 0 Å². The van der Waals surface area contributed by atoms with E-state index in [0.717, 1.165) is 45.4 Å². The summed E-state index contributed by atoms with van der Waals surface area (Å²) in [4.78, 5) is 18.1. The third-order valence-corrected chi connectivity index (χ3v) is 5.29. The van der Waals surface area contributed by atoms with Gasteiger partial charge in [0.2, 0.25) is 0 Å². The van der Waals surface area contributed by atoms with Crippen LogP contribution in [0.5, 0.6) is 0 Å². The molecule has 0 fully saturated rings. The number of aromatic nitrogens is 1. The van der Waals surface area contributed by atoms with Gasteiger partial charge in [0, 0.05) is 16.6 Å². The first-order valence-corrected chi connectivity index (χ1v) is 9.93. The van der Waals surface area contributed by atoms with Crippen LogP contribution >= 0.6 is 0 Å². The van der Waals surface area contributed by atoms with Gasteiger partial charge in [-0.3, -0.25) is 4.79 Å². The molecule has 0 radical (unpaired) electrons. The van der Waals surface area contributed by atoms with Crippen LogP contribution in [-0.4, -0.2) is 10.9 Å². The third kappa shape index (κ3) is 3.77. The predicted molar refractivity (Wildman–Crippen MR) is 120 cm³/mol. The molecule has 3 aromatic carbocycles. The van der Waals surface area contributed by atoms with Crippen molar-refractivity contribution in [3.8, 4) is 11.3 Å². The molecule has 0 aliphatic heterocycles. The van der Waals surface area contributed by atoms with Crippen LogP contribution in [0, 0.1) is 13.8 Å². The molecule has 0 bridgehead atoms. The van der Waals surface area contributed by atoms with Crippen LogP contribution in [-0.2, 0) is 6.42 Å². The minimum absolute atomic E-state index is 0.110. The monoisotopic (exact) mass is 380 g/mol. The number of rotatable bonds is 4. The lowest BCUT2D eigenvalue weighted by Crippen LogP contribution is -2.15. The van der Waals surface area contributed by atoms with Crippen molar-refractivity contribution in [1.29, 1.82) is 0 Å². The molecule has 0 saturated heterocycles. The van der Waals surface area contributed by atoms with Gasteiger partial charge < -0.3 is 5.32 Å². The van der Waals surface area contributed by atoms with E-state index in [-0.39, 0.29) is 5.91 Å². The number of carbonyl (C=O) groups excluding carboxylic acids is 1. The summed E-state index contributed by atoms with van der Waals surface area (Å²) in [7, 11) is 0. The number of amides is 1. The van der Waals surface area contributed by atoms with E-state index in [2.05, 4.69) is 37.4 Å². The van der Waals surface area contributed by atoms with Crippen LogP contribution in [0.2, 0.25) is 0 Å². The van der Waals surface area contributed by atoms with E-state index in [1.165, 1.54) is 5.56 Å². The maximum Gasteiger partial charge on any atom is 0.256 e. The Kier molecular flexibility index (Phi) is 5.13. The summed E-state index contributed by atoms with van der Waals surface area (Å²) < 4.78 is 0. The SMILES string of the molecule is CCc1cccc(C)c1NC(=O)c1cc(-c2ccc(C)cc2)nc2ccccc12. The van der Waals surface area contributed by atoms with E-state index >= 15 is 0 Å². The van der Waals surface area contributed by atoms with Gasteiger partial charge in [-0.25, -0.2) is 4.98 Å². The number of carbonyl (C=O) groups is 1. The number of fused-ring (bicyclic) bond motifs is 1. The topological polar surface area (TPSA) is 42.0 Å². The standard InChI is InChI=1S/C26H24N2O/c1-4-19-9-7-8-18(3)25(19)28-26(29)22-16-24(20-14-12-17(2)13-15-20)27-23-11-6-5-10-21(22)23/h5-16H,4H2,1-3H3,(H,28,29). The predicted octanol–water partition coefficient (Wildman–Crippen LogP) is 6.33. The van der Waals surface area contributed by atoms with Crippen molar-refractivity contribution in [2.45, 2.75) is 27.2 Å². The van der Waals surface area contributed by atoms with Gasteiger partial charge in [0.1, 0.15) is 0 Å². The largest absolute Gasteiger partial charge is 0.321 e. The molecule has 3 heteroatoms. The minimum Gasteiger partial charge on any atom is -0.321 e. The molecule has 0 aliphatic carbocycles. The summed E-state index contributed by atoms with van der Waals surface area (Å²) in [5.41, 5.74) is 7.55. The van der Waals surface area contributed by atoms with Gasteiger partial charge in [0.15, 0.2) is 0 Å². The van der Waals surface area contributed by atoms with Gasteiger partial charge in [-0.1, -0.05) is 73.2 Å². The number of anilines is 1. The first-order chi connectivity index (χ1) is 14.1. The quantitative estimate of drug-likeness (QED) is 0.449. The molecule has 29 heavy (non-hydrogen) atoms. The molecule has 0 atom stereocenters. The Morgan fingerprint density at radius 1 is 0.931 bits per heavy atom. The van der Waals surface area contributed by atoms with Crippen LogP contribution in [0.3, 0.4) is 0 Å². The second kappa shape index (κ2) is 7.88. The molecule has 144 valence electrons. The van der Waals surface area contributed by atoms with E-state index in [4.69, 9.17) is 4.98 Å². The lowest BCUT2D eigenvalue weighted by atomic mass is 10.0. The van der Waals surface area contributed by atoms with E-state index in [0.29, 0.717) is 5.56 Å². The molecule has 0 saturated carbocycles. The number of hydrogen-bond donors (Lipinski definition) is 1. The highest BCUT2D eigenvalue weighted by Gasteiger charge is 2.16. The average molecular weight is 380 g/mol. The smallest absolute Gasteiger partial charge is 0.256 e. The normalized spacial score (nSPS) is 10.9. The number of aryl methyl sites for hydroxylation is 3. The van der Waals surface area contributed by atoms with Crippen molar-refractivity contribution in [3.05, 3.63) is 95.1 Å². The Hall–Kier alpha value is -3.46. The first kappa shape index (κ1) is 18.9. The summed E-state index contributed by atoms with van der Waals surface area (Å²) in [5, 5.41) is 4.01. The second-order valence-electron chi connectivity index (χ2n) is 7.35. The highest BCUT2D eigenvalue weighted by molar-refractivity contribution is 6.13. The number of hydrogen-bond acceptors (Lipinski definition) is 2. The van der Waals surface area contributed by atoms with Gasteiger partial charge in [0.05, 0.1) is 16.8 Å². The zero-order valence-corrected chi connectivity index (χ0v) is 17.0. The van der Waals surface area contributed by atoms with Gasteiger partial charge in [-0.2, -0.15) is 0 Å². The molecule has 0 spiro atoms. The Labute approximate surface area is 171 Å². The number of benzene rings is 3. The minimum atomic E-state index is -0.110. The number of para-hydroxylation sites is 2. The highest BCUT2D eigenvalue weighted by atomic mass is 16.1. The van der Waals surface area contributed by atoms with Crippen molar-refractivity contribution in [1.82, 2.24) is 4.98 Å². The van der Waals surface area contributed by atoms with Crippen LogP contribution in [0.25, 0.3) is 22.2 Å². The highest BCUT2D eigenvalue weighted by Crippen LogP contribution is 2.27. The molecule has 1 amide bonds. The summed E-state index contributed by atoms with van der Waals surface area (Å²) in [6.45, 7) is 6.18. The Bertz CT molecular complexity index is 1190. The Morgan fingerprint density at radius 3 is 2.45 bits per heavy atom. The molecule has 1 heterocycles. The summed E-state index contributed by atoms with van der Waals surface area (Å²) >= 11 is 0. The Morgan fingerprint density at radius 2 is 1.69 bits per heavy atom. The number of pyridine rings is 1. The van der Waals surface area contributed by atoms with E-state index in [9.17, 15) is 4.79 Å². The fourth-order valence-corrected chi connectivity index (χ4v) is 3.62. The average Bonchev–Trinajstić information content (AvgIpc) is 2.74. The number of nitrogens with zero attached hydrogens (tertiary/aromatic N) is 1. The molecular weight excluding hydrogens is 356 g/mol. The molecule has 4 rings (SSSR count). The summed E-state index contributed by atoms with van der Waals surface area (Å²) in [6, 6.07) is 24.0. The van der Waals surface area contributed by atoms with Crippen molar-refractivity contribution in [3.63, 3.8) is 0 Å². The van der Waals surface area contributed by atoms with E-state index in [1.807, 2.05) is 61.5 Å². The molecular formula is C26H24N2O. The van der Waals surface area contributed by atoms with Crippen LogP contribution in [0.1, 0.15) is 34.0 Å². The molecule has 4 aromatic rings. The summed E-state index contributed by atoms with van der Waals surface area (Å²) in [6.07, 6.45) is 0.864. The lowest BCUT2D eigenvalue weighted by molar-refractivity contribution is 0.102. The fourth-order valence-electron chi connectivity index (χ4n) is 3.62. The molecule has 1 N–H and O–H groups in total. The maximum absolute atomic E-state index is 13.3. The van der Waals surface area contributed by atoms with Gasteiger partial charge in [0.25, 0.3) is 5.91 Å². The van der Waals surface area contributed by atoms with Crippen LogP contribution in [0.4, 0.5) is 5.69 Å². The van der Waals surface area contributed by atoms with Crippen molar-refractivity contribution in [2.24, 2.45) is 0 Å². The van der Waals surface area contributed by atoms with Crippen LogP contribution in [0.15, 0.2) is 72.8 Å². The molecule has 0 unspecified atom stereocenters. The van der Waals surface area contributed by atoms with E-state index in [1.54, 1.807) is 0 Å².